The van der Waals surface area contributed by atoms with Crippen molar-refractivity contribution in [2.75, 3.05) is 13.7 Å². The van der Waals surface area contributed by atoms with Crippen LogP contribution in [0.5, 0.6) is 0 Å². The molecular formula is C13H12N4O3. The van der Waals surface area contributed by atoms with Crippen LogP contribution in [-0.4, -0.2) is 31.2 Å². The summed E-state index contributed by atoms with van der Waals surface area (Å²) in [5, 5.41) is 19.0. The van der Waals surface area contributed by atoms with Crippen LogP contribution >= 0.6 is 0 Å². The first-order valence-electron chi connectivity index (χ1n) is 5.88. The summed E-state index contributed by atoms with van der Waals surface area (Å²) in [5.41, 5.74) is -1.41. The molecule has 0 saturated carbocycles. The Kier molecular flexibility index (Phi) is 3.75. The van der Waals surface area contributed by atoms with Crippen molar-refractivity contribution in [3.63, 3.8) is 0 Å². The summed E-state index contributed by atoms with van der Waals surface area (Å²) < 4.78 is 4.65. The Hall–Kier alpha value is -2.75. The van der Waals surface area contributed by atoms with Crippen molar-refractivity contribution in [1.29, 1.82) is 5.26 Å². The number of methoxy groups -OCH3 is 1. The molecule has 0 saturated heterocycles. The van der Waals surface area contributed by atoms with Gasteiger partial charge in [-0.1, -0.05) is 18.2 Å². The zero-order valence-electron chi connectivity index (χ0n) is 10.7. The number of amides is 1. The molecule has 1 aliphatic rings. The normalized spacial score (nSPS) is 23.9. The van der Waals surface area contributed by atoms with Crippen molar-refractivity contribution < 1.29 is 14.3 Å². The largest absolute Gasteiger partial charge is 0.466 e. The molecule has 0 spiro atoms. The van der Waals surface area contributed by atoms with E-state index in [0.29, 0.717) is 5.56 Å². The van der Waals surface area contributed by atoms with Gasteiger partial charge < -0.3 is 10.1 Å². The van der Waals surface area contributed by atoms with Crippen molar-refractivity contribution in [1.82, 2.24) is 5.32 Å². The number of azo groups is 1. The van der Waals surface area contributed by atoms with Gasteiger partial charge in [0.1, 0.15) is 5.92 Å². The number of nitriles is 1. The number of nitrogens with one attached hydrogen (secondary N) is 1. The predicted octanol–water partition coefficient (Wildman–Crippen LogP) is 0.891. The Morgan fingerprint density at radius 1 is 1.45 bits per heavy atom. The molecule has 1 amide bonds. The molecule has 20 heavy (non-hydrogen) atoms. The van der Waals surface area contributed by atoms with E-state index >= 15 is 0 Å². The molecule has 2 rings (SSSR count). The van der Waals surface area contributed by atoms with E-state index in [4.69, 9.17) is 5.26 Å². The Morgan fingerprint density at radius 3 is 2.75 bits per heavy atom. The van der Waals surface area contributed by atoms with Crippen LogP contribution in [0.1, 0.15) is 10.4 Å². The number of esters is 1. The zero-order valence-corrected chi connectivity index (χ0v) is 10.7. The van der Waals surface area contributed by atoms with E-state index in [-0.39, 0.29) is 6.54 Å². The molecule has 1 aromatic rings. The minimum absolute atomic E-state index is 0.0423. The number of carbonyl (C=O) groups excluding carboxylic acids is 2. The van der Waals surface area contributed by atoms with Gasteiger partial charge >= 0.3 is 5.97 Å². The molecule has 2 unspecified atom stereocenters. The minimum atomic E-state index is -1.77. The summed E-state index contributed by atoms with van der Waals surface area (Å²) in [6, 6.07) is 10.3. The van der Waals surface area contributed by atoms with Crippen LogP contribution in [0, 0.1) is 17.2 Å². The summed E-state index contributed by atoms with van der Waals surface area (Å²) >= 11 is 0. The first-order chi connectivity index (χ1) is 9.64. The zero-order chi connectivity index (χ0) is 14.6. The Bertz CT molecular complexity index is 593. The van der Waals surface area contributed by atoms with Crippen molar-refractivity contribution in [3.8, 4) is 6.07 Å². The van der Waals surface area contributed by atoms with E-state index in [0.717, 1.165) is 0 Å². The van der Waals surface area contributed by atoms with E-state index in [1.807, 2.05) is 6.07 Å². The van der Waals surface area contributed by atoms with Gasteiger partial charge in [-0.2, -0.15) is 15.5 Å². The van der Waals surface area contributed by atoms with E-state index in [2.05, 4.69) is 20.3 Å². The predicted molar refractivity (Wildman–Crippen MR) is 67.5 cm³/mol. The average Bonchev–Trinajstić information content (AvgIpc) is 2.91. The molecule has 7 nitrogen and oxygen atoms in total. The van der Waals surface area contributed by atoms with Crippen molar-refractivity contribution in [2.45, 2.75) is 5.66 Å². The number of carbonyl (C=O) groups is 2. The molecule has 1 heterocycles. The molecule has 1 aliphatic heterocycles. The van der Waals surface area contributed by atoms with Gasteiger partial charge in [0.25, 0.3) is 11.6 Å². The lowest BCUT2D eigenvalue weighted by Crippen LogP contribution is -2.57. The number of benzene rings is 1. The number of nitrogens with zero attached hydrogens (tertiary/aromatic N) is 3. The summed E-state index contributed by atoms with van der Waals surface area (Å²) in [4.78, 5) is 24.1. The Labute approximate surface area is 115 Å². The van der Waals surface area contributed by atoms with Gasteiger partial charge in [0.05, 0.1) is 19.7 Å². The molecule has 0 radical (unpaired) electrons. The maximum absolute atomic E-state index is 12.2. The lowest BCUT2D eigenvalue weighted by atomic mass is 9.95. The van der Waals surface area contributed by atoms with Crippen LogP contribution in [0.15, 0.2) is 40.6 Å². The second-order valence-electron chi connectivity index (χ2n) is 4.18. The topological polar surface area (TPSA) is 104 Å². The average molecular weight is 272 g/mol. The highest BCUT2D eigenvalue weighted by molar-refractivity contribution is 5.98. The Balaban J connectivity index is 2.31. The van der Waals surface area contributed by atoms with Crippen LogP contribution in [0.2, 0.25) is 0 Å². The quantitative estimate of drug-likeness (QED) is 0.825. The van der Waals surface area contributed by atoms with Gasteiger partial charge in [0, 0.05) is 5.56 Å². The molecule has 7 heteroatoms. The summed E-state index contributed by atoms with van der Waals surface area (Å²) in [5.74, 6) is -2.21. The second-order valence-corrected chi connectivity index (χ2v) is 4.18. The maximum Gasteiger partial charge on any atom is 0.358 e. The molecule has 0 fully saturated rings. The van der Waals surface area contributed by atoms with E-state index < -0.39 is 23.5 Å². The fourth-order valence-electron chi connectivity index (χ4n) is 1.91. The minimum Gasteiger partial charge on any atom is -0.466 e. The molecule has 1 aromatic carbocycles. The highest BCUT2D eigenvalue weighted by atomic mass is 16.5. The van der Waals surface area contributed by atoms with Crippen LogP contribution < -0.4 is 5.32 Å². The molecule has 1 N–H and O–H groups in total. The highest BCUT2D eigenvalue weighted by Gasteiger charge is 2.52. The van der Waals surface area contributed by atoms with E-state index in [1.54, 1.807) is 30.3 Å². The molecule has 0 aromatic heterocycles. The lowest BCUT2D eigenvalue weighted by molar-refractivity contribution is -0.148. The van der Waals surface area contributed by atoms with Gasteiger partial charge in [-0.05, 0) is 12.1 Å². The third kappa shape index (κ3) is 2.23. The van der Waals surface area contributed by atoms with Gasteiger partial charge in [0.15, 0.2) is 0 Å². The maximum atomic E-state index is 12.2. The van der Waals surface area contributed by atoms with Gasteiger partial charge in [-0.15, -0.1) is 0 Å². The molecular weight excluding hydrogens is 260 g/mol. The molecule has 2 atom stereocenters. The highest BCUT2D eigenvalue weighted by Crippen LogP contribution is 2.28. The third-order valence-electron chi connectivity index (χ3n) is 2.99. The fourth-order valence-corrected chi connectivity index (χ4v) is 1.91. The summed E-state index contributed by atoms with van der Waals surface area (Å²) in [6.07, 6.45) is 0. The van der Waals surface area contributed by atoms with Crippen LogP contribution in [0.3, 0.4) is 0 Å². The molecule has 0 aliphatic carbocycles. The number of ether oxygens (including phenoxy) is 1. The summed E-state index contributed by atoms with van der Waals surface area (Å²) in [6.45, 7) is 0.0423. The first kappa shape index (κ1) is 13.7. The standard InChI is InChI=1S/C13H12N4O3/c1-20-12(19)13(10(7-14)8-15-17-13)16-11(18)9-5-3-2-4-6-9/h2-6,10H,8H2,1H3,(H,16,18). The van der Waals surface area contributed by atoms with Gasteiger partial charge in [-0.25, -0.2) is 4.79 Å². The number of rotatable bonds is 3. The van der Waals surface area contributed by atoms with Gasteiger partial charge in [-0.3, -0.25) is 4.79 Å². The van der Waals surface area contributed by atoms with Gasteiger partial charge in [0.2, 0.25) is 0 Å². The molecule has 102 valence electrons. The number of hydrogen-bond donors (Lipinski definition) is 1. The summed E-state index contributed by atoms with van der Waals surface area (Å²) in [7, 11) is 1.17. The SMILES string of the molecule is COC(=O)C1(NC(=O)c2ccccc2)N=NCC1C#N. The fraction of sp³-hybridized carbons (Fsp3) is 0.308. The first-order valence-corrected chi connectivity index (χ1v) is 5.88. The molecule has 0 bridgehead atoms. The van der Waals surface area contributed by atoms with E-state index in [1.165, 1.54) is 7.11 Å². The van der Waals surface area contributed by atoms with Crippen molar-refractivity contribution >= 4 is 11.9 Å². The second kappa shape index (κ2) is 5.48. The van der Waals surface area contributed by atoms with E-state index in [9.17, 15) is 9.59 Å². The van der Waals surface area contributed by atoms with Crippen LogP contribution in [0.4, 0.5) is 0 Å². The van der Waals surface area contributed by atoms with Crippen molar-refractivity contribution in [3.05, 3.63) is 35.9 Å². The number of hydrogen-bond acceptors (Lipinski definition) is 6. The Morgan fingerprint density at radius 2 is 2.15 bits per heavy atom. The van der Waals surface area contributed by atoms with Crippen LogP contribution in [0.25, 0.3) is 0 Å². The lowest BCUT2D eigenvalue weighted by Gasteiger charge is -2.25. The van der Waals surface area contributed by atoms with Crippen LogP contribution in [-0.2, 0) is 9.53 Å². The third-order valence-corrected chi connectivity index (χ3v) is 2.99. The monoisotopic (exact) mass is 272 g/mol. The van der Waals surface area contributed by atoms with Crippen molar-refractivity contribution in [2.24, 2.45) is 16.1 Å². The smallest absolute Gasteiger partial charge is 0.358 e.